The zero-order chi connectivity index (χ0) is 60.0. The van der Waals surface area contributed by atoms with Crippen LogP contribution in [0.3, 0.4) is 0 Å². The van der Waals surface area contributed by atoms with Crippen LogP contribution in [0.4, 0.5) is 0 Å². The number of rotatable bonds is 14. The van der Waals surface area contributed by atoms with Crippen LogP contribution < -0.4 is 0 Å². The molecular weight excluding hydrogens is 1070 g/mol. The predicted octanol–water partition coefficient (Wildman–Crippen LogP) is 0.277. The van der Waals surface area contributed by atoms with Gasteiger partial charge in [0.2, 0.25) is 0 Å². The number of hydrogen-bond donors (Lipinski definition) is 11. The van der Waals surface area contributed by atoms with Crippen molar-refractivity contribution >= 4 is 23.9 Å². The number of carboxylic acids is 1. The smallest absolute Gasteiger partial charge is 0.335 e. The predicted molar refractivity (Wildman–Crippen MR) is 277 cm³/mol. The van der Waals surface area contributed by atoms with Crippen LogP contribution >= 0.6 is 0 Å². The number of hydrogen-bond acceptors (Lipinski definition) is 23. The van der Waals surface area contributed by atoms with Gasteiger partial charge in [0.1, 0.15) is 55.4 Å². The minimum absolute atomic E-state index is 0.0851. The van der Waals surface area contributed by atoms with E-state index in [0.717, 1.165) is 5.57 Å². The first-order valence-corrected chi connectivity index (χ1v) is 28.4. The lowest BCUT2D eigenvalue weighted by atomic mass is 9.33. The lowest BCUT2D eigenvalue weighted by Gasteiger charge is -2.72. The Hall–Kier alpha value is -3.28. The van der Waals surface area contributed by atoms with Crippen molar-refractivity contribution in [1.82, 2.24) is 0 Å². The third-order valence-electron chi connectivity index (χ3n) is 21.3. The SMILES string of the molecule is C/C=C(/C)C(=O)O[C@@H]1[C@@H](O)[C@H](O[C@H]2[C@H](O)[C@]3(COC(C)=O)[C@H](O)C[C@]4(C)C(=CC[C@@H]5[C@@]6(C)CC[C@H](O[C@@H]7O[C@H](C(=O)O)[C@@H](O)[C@H](O)[C@H]7O[C@@H]7O[C@H](CO)[C@@H](O)[C@H](O)[C@H]7O)[C@](C)(CO)[C@@H]6CC[C@]54C)[C@@H]3CC2(C)C)O[C@H](C)[C@@H]1OC(C)=O. The maximum atomic E-state index is 13.1. The summed E-state index contributed by atoms with van der Waals surface area (Å²) in [7, 11) is 0. The summed E-state index contributed by atoms with van der Waals surface area (Å²) >= 11 is 0. The third-order valence-corrected chi connectivity index (χ3v) is 21.3. The van der Waals surface area contributed by atoms with Gasteiger partial charge in [0.15, 0.2) is 37.2 Å². The average Bonchev–Trinajstić information content (AvgIpc) is 1.81. The Labute approximate surface area is 471 Å². The number of aliphatic hydroxyl groups excluding tert-OH is 10. The quantitative estimate of drug-likeness (QED) is 0.0366. The molecule has 0 aromatic heterocycles. The molecule has 0 aromatic rings. The van der Waals surface area contributed by atoms with Gasteiger partial charge in [-0.15, -0.1) is 0 Å². The average molecular weight is 1160 g/mol. The largest absolute Gasteiger partial charge is 0.479 e. The molecule has 3 aliphatic heterocycles. The summed E-state index contributed by atoms with van der Waals surface area (Å²) in [6.45, 7) is 17.8. The van der Waals surface area contributed by atoms with Crippen molar-refractivity contribution in [1.29, 1.82) is 0 Å². The van der Waals surface area contributed by atoms with Crippen LogP contribution in [-0.4, -0.2) is 216 Å². The second kappa shape index (κ2) is 23.2. The molecule has 3 heterocycles. The van der Waals surface area contributed by atoms with Gasteiger partial charge in [0.05, 0.1) is 49.1 Å². The first-order valence-electron chi connectivity index (χ1n) is 28.4. The Bertz CT molecular complexity index is 2400. The van der Waals surface area contributed by atoms with Gasteiger partial charge >= 0.3 is 23.9 Å². The number of aliphatic carboxylic acids is 1. The molecule has 81 heavy (non-hydrogen) atoms. The fraction of sp³-hybridized carbons (Fsp3) is 0.860. The van der Waals surface area contributed by atoms with Crippen molar-refractivity contribution in [3.8, 4) is 0 Å². The van der Waals surface area contributed by atoms with Crippen LogP contribution in [0.5, 0.6) is 0 Å². The van der Waals surface area contributed by atoms with Crippen LogP contribution in [0.2, 0.25) is 0 Å². The molecule has 0 radical (unpaired) electrons. The lowest BCUT2D eigenvalue weighted by molar-refractivity contribution is -0.375. The van der Waals surface area contributed by atoms with E-state index in [2.05, 4.69) is 26.8 Å². The van der Waals surface area contributed by atoms with Gasteiger partial charge in [-0.3, -0.25) is 9.59 Å². The maximum Gasteiger partial charge on any atom is 0.335 e. The van der Waals surface area contributed by atoms with Crippen molar-refractivity contribution < 1.29 is 118 Å². The zero-order valence-corrected chi connectivity index (χ0v) is 48.2. The van der Waals surface area contributed by atoms with E-state index in [1.807, 2.05) is 20.8 Å². The number of ether oxygens (including phenoxy) is 9. The summed E-state index contributed by atoms with van der Waals surface area (Å²) in [6, 6.07) is 0. The van der Waals surface area contributed by atoms with Crippen LogP contribution in [0, 0.1) is 50.2 Å². The normalized spacial score (nSPS) is 49.6. The molecule has 27 atom stereocenters. The highest BCUT2D eigenvalue weighted by atomic mass is 16.8. The van der Waals surface area contributed by atoms with Gasteiger partial charge in [0, 0.05) is 24.8 Å². The van der Waals surface area contributed by atoms with E-state index in [0.29, 0.717) is 32.1 Å². The highest BCUT2D eigenvalue weighted by Crippen LogP contribution is 2.76. The number of carbonyl (C=O) groups is 4. The number of aliphatic hydroxyl groups is 10. The molecule has 3 saturated heterocycles. The Morgan fingerprint density at radius 2 is 1.37 bits per heavy atom. The van der Waals surface area contributed by atoms with Crippen molar-refractivity contribution in [2.45, 2.75) is 238 Å². The molecule has 0 spiro atoms. The Morgan fingerprint density at radius 3 is 1.98 bits per heavy atom. The van der Waals surface area contributed by atoms with Gasteiger partial charge in [-0.05, 0) is 105 Å². The number of carbonyl (C=O) groups excluding carboxylic acids is 3. The van der Waals surface area contributed by atoms with Crippen LogP contribution in [0.1, 0.15) is 121 Å². The molecule has 0 amide bonds. The molecule has 0 aromatic carbocycles. The summed E-state index contributed by atoms with van der Waals surface area (Å²) in [6.07, 6.45) is -23.7. The standard InChI is InChI=1S/C57H88O24/c1-12-24(2)48(72)78-42-40(68)50(74-25(3)41(42)75-27(5)61)81-46-45(69)57(23-73-26(4)60)29(19-52(46,6)7)28-13-14-32-53(8)17-16-34(54(9,22-59)31(53)15-18-55(32,10)56(28,11)20-33(57)62)77-51-44(38(66)37(65)43(79-51)47(70)71)80-49-39(67)36(64)35(63)30(21-58)76-49/h12-13,25,29-46,49-51,58-59,62-69H,14-23H2,1-11H3,(H,70,71)/b24-12-/t25-,29+,30-,31-,32-,33-,34+,35-,36+,37+,38+,39-,40-,41+,42-,43+,44-,45+,46+,49+,50+,51-,53+,54-,55-,56-,57+/m1/s1. The summed E-state index contributed by atoms with van der Waals surface area (Å²) in [5.74, 6) is -4.69. The molecule has 5 aliphatic carbocycles. The highest BCUT2D eigenvalue weighted by molar-refractivity contribution is 5.87. The fourth-order valence-electron chi connectivity index (χ4n) is 16.4. The first-order chi connectivity index (χ1) is 37.7. The molecule has 24 heteroatoms. The monoisotopic (exact) mass is 1160 g/mol. The number of carboxylic acid groups (broad SMARTS) is 1. The van der Waals surface area contributed by atoms with E-state index in [1.54, 1.807) is 13.8 Å². The number of esters is 3. The first kappa shape index (κ1) is 63.7. The van der Waals surface area contributed by atoms with E-state index in [-0.39, 0.29) is 36.9 Å². The molecule has 11 N–H and O–H groups in total. The minimum Gasteiger partial charge on any atom is -0.479 e. The van der Waals surface area contributed by atoms with Gasteiger partial charge in [-0.25, -0.2) is 9.59 Å². The van der Waals surface area contributed by atoms with Crippen LogP contribution in [-0.2, 0) is 61.8 Å². The Balaban J connectivity index is 1.09. The fourth-order valence-corrected chi connectivity index (χ4v) is 16.4. The summed E-state index contributed by atoms with van der Waals surface area (Å²) < 4.78 is 53.9. The molecule has 4 saturated carbocycles. The lowest BCUT2D eigenvalue weighted by Crippen LogP contribution is -2.73. The summed E-state index contributed by atoms with van der Waals surface area (Å²) in [5, 5.41) is 124. The van der Waals surface area contributed by atoms with Crippen LogP contribution in [0.15, 0.2) is 23.3 Å². The highest BCUT2D eigenvalue weighted by Gasteiger charge is 2.74. The van der Waals surface area contributed by atoms with Crippen molar-refractivity contribution in [3.63, 3.8) is 0 Å². The molecule has 8 aliphatic rings. The van der Waals surface area contributed by atoms with Gasteiger partial charge < -0.3 is 98.8 Å². The Kier molecular flexibility index (Phi) is 18.2. The Morgan fingerprint density at radius 1 is 0.704 bits per heavy atom. The molecule has 7 fully saturated rings. The second-order valence-corrected chi connectivity index (χ2v) is 26.1. The summed E-state index contributed by atoms with van der Waals surface area (Å²) in [5.41, 5.74) is -4.16. The molecule has 0 bridgehead atoms. The van der Waals surface area contributed by atoms with Gasteiger partial charge in [0.25, 0.3) is 0 Å². The second-order valence-electron chi connectivity index (χ2n) is 26.1. The van der Waals surface area contributed by atoms with E-state index < -0.39 is 192 Å². The zero-order valence-electron chi connectivity index (χ0n) is 48.2. The molecular formula is C57H88O24. The molecule has 8 rings (SSSR count). The number of fused-ring (bicyclic) bond motifs is 7. The van der Waals surface area contributed by atoms with E-state index in [9.17, 15) is 75.3 Å². The maximum absolute atomic E-state index is 13.1. The molecule has 24 nitrogen and oxygen atoms in total. The van der Waals surface area contributed by atoms with E-state index in [1.165, 1.54) is 26.8 Å². The molecule has 0 unspecified atom stereocenters. The minimum atomic E-state index is -2.07. The van der Waals surface area contributed by atoms with Crippen molar-refractivity contribution in [2.24, 2.45) is 50.2 Å². The van der Waals surface area contributed by atoms with E-state index >= 15 is 0 Å². The van der Waals surface area contributed by atoms with Crippen molar-refractivity contribution in [2.75, 3.05) is 19.8 Å². The van der Waals surface area contributed by atoms with E-state index in [4.69, 9.17) is 42.6 Å². The summed E-state index contributed by atoms with van der Waals surface area (Å²) in [4.78, 5) is 50.6. The van der Waals surface area contributed by atoms with Crippen LogP contribution in [0.25, 0.3) is 0 Å². The van der Waals surface area contributed by atoms with Gasteiger partial charge in [-0.2, -0.15) is 0 Å². The third kappa shape index (κ3) is 10.5. The topological polar surface area (TPSA) is 374 Å². The number of allylic oxidation sites excluding steroid dienone is 3. The van der Waals surface area contributed by atoms with Crippen molar-refractivity contribution in [3.05, 3.63) is 23.3 Å². The molecule has 460 valence electrons. The van der Waals surface area contributed by atoms with Gasteiger partial charge in [-0.1, -0.05) is 59.3 Å².